The first-order valence-corrected chi connectivity index (χ1v) is 9.09. The van der Waals surface area contributed by atoms with E-state index in [1.807, 2.05) is 13.8 Å². The zero-order valence-corrected chi connectivity index (χ0v) is 17.5. The Kier molecular flexibility index (Phi) is 8.45. The Morgan fingerprint density at radius 2 is 1.29 bits per heavy atom. The molecule has 0 aliphatic rings. The molecule has 2 aromatic rings. The van der Waals surface area contributed by atoms with Crippen LogP contribution in [0.15, 0.2) is 34.3 Å². The lowest BCUT2D eigenvalue weighted by Gasteiger charge is -2.28. The zero-order valence-electron chi connectivity index (χ0n) is 17.5. The molecule has 0 saturated carbocycles. The summed E-state index contributed by atoms with van der Waals surface area (Å²) in [6.07, 6.45) is 0. The Bertz CT molecular complexity index is 999. The number of hydrogen-bond acceptors (Lipinski definition) is 5. The van der Waals surface area contributed by atoms with E-state index in [1.165, 1.54) is 24.3 Å². The highest BCUT2D eigenvalue weighted by Gasteiger charge is 2.42. The average Bonchev–Trinajstić information content (AvgIpc) is 2.80. The maximum absolute atomic E-state index is 14.9. The molecule has 0 spiro atoms. The molecule has 0 heterocycles. The molecule has 0 atom stereocenters. The molecule has 2 aromatic carbocycles. The summed E-state index contributed by atoms with van der Waals surface area (Å²) in [4.78, 5) is 9.03. The quantitative estimate of drug-likeness (QED) is 0.364. The number of nitriles is 2. The highest BCUT2D eigenvalue weighted by Crippen LogP contribution is 2.41. The standard InChI is InChI=1S/C20H15F4N5.C2H6/c1-27-20(28-2,12-5-7-13(8-6-12)29(3)4)15-18(23)16(21)14(11(9-25)10-26)17(22)19(15)24;1-2/h5-8,11H,1-2H2,3-4H3;1-2H3. The third-order valence-electron chi connectivity index (χ3n) is 4.44. The van der Waals surface area contributed by atoms with E-state index in [1.54, 1.807) is 31.1 Å². The Labute approximate surface area is 178 Å². The maximum atomic E-state index is 14.9. The van der Waals surface area contributed by atoms with Crippen LogP contribution in [0.2, 0.25) is 0 Å². The Morgan fingerprint density at radius 3 is 1.61 bits per heavy atom. The summed E-state index contributed by atoms with van der Waals surface area (Å²) in [6, 6.07) is 8.56. The van der Waals surface area contributed by atoms with Crippen LogP contribution in [0.5, 0.6) is 0 Å². The molecular formula is C22H21F4N5. The second kappa shape index (κ2) is 10.4. The van der Waals surface area contributed by atoms with Gasteiger partial charge in [0.2, 0.25) is 5.66 Å². The minimum Gasteiger partial charge on any atom is -0.378 e. The van der Waals surface area contributed by atoms with Crippen LogP contribution in [-0.4, -0.2) is 27.5 Å². The molecule has 9 heteroatoms. The fraction of sp³-hybridized carbons (Fsp3) is 0.273. The van der Waals surface area contributed by atoms with Crippen LogP contribution >= 0.6 is 0 Å². The van der Waals surface area contributed by atoms with Gasteiger partial charge in [0, 0.05) is 25.3 Å². The van der Waals surface area contributed by atoms with Gasteiger partial charge in [0.15, 0.2) is 29.2 Å². The van der Waals surface area contributed by atoms with Crippen molar-refractivity contribution in [3.8, 4) is 12.1 Å². The first-order chi connectivity index (χ1) is 14.7. The number of nitrogens with zero attached hydrogens (tertiary/aromatic N) is 5. The SMILES string of the molecule is C=NC(N=C)(c1ccc(N(C)C)cc1)c1c(F)c(F)c(C(C#N)C#N)c(F)c1F.CC. The molecule has 0 aliphatic carbocycles. The predicted octanol–water partition coefficient (Wildman–Crippen LogP) is 5.07. The van der Waals surface area contributed by atoms with Gasteiger partial charge in [-0.3, -0.25) is 9.98 Å². The van der Waals surface area contributed by atoms with Crippen LogP contribution in [0.25, 0.3) is 0 Å². The van der Waals surface area contributed by atoms with E-state index in [2.05, 4.69) is 23.4 Å². The molecule has 0 fully saturated rings. The zero-order chi connectivity index (χ0) is 23.9. The van der Waals surface area contributed by atoms with Crippen molar-refractivity contribution in [2.75, 3.05) is 19.0 Å². The van der Waals surface area contributed by atoms with E-state index in [-0.39, 0.29) is 5.56 Å². The van der Waals surface area contributed by atoms with Crippen LogP contribution in [0.3, 0.4) is 0 Å². The molecule has 2 rings (SSSR count). The molecule has 0 radical (unpaired) electrons. The fourth-order valence-corrected chi connectivity index (χ4v) is 2.89. The highest BCUT2D eigenvalue weighted by atomic mass is 19.2. The lowest BCUT2D eigenvalue weighted by atomic mass is 9.88. The smallest absolute Gasteiger partial charge is 0.205 e. The van der Waals surface area contributed by atoms with Crippen LogP contribution in [0.4, 0.5) is 23.2 Å². The van der Waals surface area contributed by atoms with Crippen LogP contribution in [0.1, 0.15) is 36.5 Å². The summed E-state index contributed by atoms with van der Waals surface area (Å²) < 4.78 is 59.0. The summed E-state index contributed by atoms with van der Waals surface area (Å²) in [7, 11) is 3.53. The van der Waals surface area contributed by atoms with Gasteiger partial charge in [0.25, 0.3) is 0 Å². The van der Waals surface area contributed by atoms with Gasteiger partial charge < -0.3 is 4.90 Å². The van der Waals surface area contributed by atoms with Gasteiger partial charge >= 0.3 is 0 Å². The third kappa shape index (κ3) is 4.26. The second-order valence-electron chi connectivity index (χ2n) is 6.17. The van der Waals surface area contributed by atoms with Crippen LogP contribution in [0, 0.1) is 45.9 Å². The first-order valence-electron chi connectivity index (χ1n) is 9.09. The van der Waals surface area contributed by atoms with Crippen molar-refractivity contribution in [2.45, 2.75) is 25.4 Å². The number of benzene rings is 2. The normalized spacial score (nSPS) is 10.4. The molecule has 0 unspecified atom stereocenters. The Hall–Kier alpha value is -3.72. The summed E-state index contributed by atoms with van der Waals surface area (Å²) >= 11 is 0. The van der Waals surface area contributed by atoms with Gasteiger partial charge in [-0.05, 0) is 25.6 Å². The van der Waals surface area contributed by atoms with Crippen molar-refractivity contribution in [1.29, 1.82) is 10.5 Å². The van der Waals surface area contributed by atoms with Crippen molar-refractivity contribution in [1.82, 2.24) is 0 Å². The van der Waals surface area contributed by atoms with E-state index < -0.39 is 46.0 Å². The van der Waals surface area contributed by atoms with Crippen molar-refractivity contribution in [3.05, 3.63) is 64.2 Å². The van der Waals surface area contributed by atoms with E-state index in [0.717, 1.165) is 5.69 Å². The summed E-state index contributed by atoms with van der Waals surface area (Å²) in [5.74, 6) is -9.49. The largest absolute Gasteiger partial charge is 0.378 e. The van der Waals surface area contributed by atoms with Crippen LogP contribution in [-0.2, 0) is 5.66 Å². The lowest BCUT2D eigenvalue weighted by Crippen LogP contribution is -2.28. The van der Waals surface area contributed by atoms with Gasteiger partial charge in [-0.25, -0.2) is 17.6 Å². The maximum Gasteiger partial charge on any atom is 0.205 e. The molecule has 31 heavy (non-hydrogen) atoms. The van der Waals surface area contributed by atoms with Crippen molar-refractivity contribution < 1.29 is 17.6 Å². The van der Waals surface area contributed by atoms with E-state index in [4.69, 9.17) is 10.5 Å². The lowest BCUT2D eigenvalue weighted by molar-refractivity contribution is 0.395. The molecule has 0 amide bonds. The number of rotatable bonds is 6. The van der Waals surface area contributed by atoms with E-state index in [0.29, 0.717) is 0 Å². The predicted molar refractivity (Wildman–Crippen MR) is 112 cm³/mol. The summed E-state index contributed by atoms with van der Waals surface area (Å²) in [6.45, 7) is 10.5. The molecule has 0 saturated heterocycles. The van der Waals surface area contributed by atoms with Gasteiger partial charge in [-0.2, -0.15) is 10.5 Å². The minimum atomic E-state index is -2.30. The number of hydrogen-bond donors (Lipinski definition) is 0. The fourth-order valence-electron chi connectivity index (χ4n) is 2.89. The molecule has 0 aromatic heterocycles. The van der Waals surface area contributed by atoms with Crippen LogP contribution < -0.4 is 4.90 Å². The Morgan fingerprint density at radius 1 is 0.871 bits per heavy atom. The summed E-state index contributed by atoms with van der Waals surface area (Å²) in [5.41, 5.74) is -4.02. The molecule has 0 N–H and O–H groups in total. The first kappa shape index (κ1) is 25.3. The number of anilines is 1. The number of halogens is 4. The topological polar surface area (TPSA) is 75.5 Å². The number of aliphatic imine (C=N–C) groups is 2. The highest BCUT2D eigenvalue weighted by molar-refractivity contribution is 5.53. The van der Waals surface area contributed by atoms with Crippen molar-refractivity contribution in [3.63, 3.8) is 0 Å². The summed E-state index contributed by atoms with van der Waals surface area (Å²) in [5, 5.41) is 17.7. The van der Waals surface area contributed by atoms with E-state index >= 15 is 0 Å². The van der Waals surface area contributed by atoms with Gasteiger partial charge in [0.1, 0.15) is 0 Å². The van der Waals surface area contributed by atoms with Crippen molar-refractivity contribution in [2.24, 2.45) is 9.98 Å². The Balaban J connectivity index is 0.00000233. The monoisotopic (exact) mass is 431 g/mol. The average molecular weight is 431 g/mol. The molecule has 162 valence electrons. The van der Waals surface area contributed by atoms with Gasteiger partial charge in [-0.1, -0.05) is 26.0 Å². The van der Waals surface area contributed by atoms with Crippen molar-refractivity contribution >= 4 is 19.1 Å². The minimum absolute atomic E-state index is 0.0505. The van der Waals surface area contributed by atoms with E-state index in [9.17, 15) is 17.6 Å². The molecule has 0 aliphatic heterocycles. The molecule has 5 nitrogen and oxygen atoms in total. The molecule has 0 bridgehead atoms. The third-order valence-corrected chi connectivity index (χ3v) is 4.44. The molecular weight excluding hydrogens is 410 g/mol. The second-order valence-corrected chi connectivity index (χ2v) is 6.17. The van der Waals surface area contributed by atoms with Gasteiger partial charge in [-0.15, -0.1) is 0 Å². The van der Waals surface area contributed by atoms with Gasteiger partial charge in [0.05, 0.1) is 23.3 Å².